The highest BCUT2D eigenvalue weighted by Crippen LogP contribution is 2.25. The van der Waals surface area contributed by atoms with Crippen LogP contribution in [0, 0.1) is 0 Å². The van der Waals surface area contributed by atoms with Crippen LogP contribution in [-0.2, 0) is 38.1 Å². The van der Waals surface area contributed by atoms with E-state index in [9.17, 15) is 19.2 Å². The SMILES string of the molecule is CCCC[C@H](OC(C)=O)[C@@H](OC(C)=O)[C@H](OC(C)=O)[C@@H]1CC=CC(=O)O1. The van der Waals surface area contributed by atoms with Crippen LogP contribution in [0.2, 0.25) is 0 Å². The topological polar surface area (TPSA) is 105 Å². The highest BCUT2D eigenvalue weighted by Gasteiger charge is 2.43. The van der Waals surface area contributed by atoms with Crippen LogP contribution in [0.1, 0.15) is 53.4 Å². The molecule has 0 spiro atoms. The first-order valence-electron chi connectivity index (χ1n) is 8.63. The Labute approximate surface area is 152 Å². The molecular weight excluding hydrogens is 344 g/mol. The number of carbonyl (C=O) groups is 4. The minimum Gasteiger partial charge on any atom is -0.458 e. The molecule has 0 fully saturated rings. The Kier molecular flexibility index (Phi) is 8.81. The van der Waals surface area contributed by atoms with E-state index in [0.29, 0.717) is 12.8 Å². The minimum atomic E-state index is -1.09. The van der Waals surface area contributed by atoms with Crippen molar-refractivity contribution in [3.63, 3.8) is 0 Å². The first-order valence-corrected chi connectivity index (χ1v) is 8.63. The van der Waals surface area contributed by atoms with E-state index in [0.717, 1.165) is 6.42 Å². The zero-order valence-electron chi connectivity index (χ0n) is 15.6. The zero-order chi connectivity index (χ0) is 19.7. The second-order valence-corrected chi connectivity index (χ2v) is 6.05. The Morgan fingerprint density at radius 2 is 1.73 bits per heavy atom. The van der Waals surface area contributed by atoms with E-state index >= 15 is 0 Å². The molecule has 1 heterocycles. The van der Waals surface area contributed by atoms with Crippen molar-refractivity contribution in [1.29, 1.82) is 0 Å². The molecule has 0 bridgehead atoms. The minimum absolute atomic E-state index is 0.280. The van der Waals surface area contributed by atoms with Gasteiger partial charge in [-0.1, -0.05) is 19.4 Å². The maximum absolute atomic E-state index is 11.6. The van der Waals surface area contributed by atoms with Crippen molar-refractivity contribution < 1.29 is 38.1 Å². The molecule has 0 unspecified atom stereocenters. The second kappa shape index (κ2) is 10.6. The molecule has 0 aliphatic carbocycles. The molecule has 0 aromatic carbocycles. The van der Waals surface area contributed by atoms with Gasteiger partial charge in [0.25, 0.3) is 0 Å². The summed E-state index contributed by atoms with van der Waals surface area (Å²) < 4.78 is 21.2. The van der Waals surface area contributed by atoms with E-state index in [4.69, 9.17) is 18.9 Å². The van der Waals surface area contributed by atoms with Gasteiger partial charge >= 0.3 is 23.9 Å². The molecule has 0 aromatic heterocycles. The van der Waals surface area contributed by atoms with E-state index in [1.165, 1.54) is 26.8 Å². The van der Waals surface area contributed by atoms with Crippen LogP contribution in [0.3, 0.4) is 0 Å². The van der Waals surface area contributed by atoms with Crippen LogP contribution >= 0.6 is 0 Å². The third-order valence-corrected chi connectivity index (χ3v) is 3.71. The first-order chi connectivity index (χ1) is 12.2. The van der Waals surface area contributed by atoms with Gasteiger partial charge in [0.1, 0.15) is 12.2 Å². The average molecular weight is 370 g/mol. The van der Waals surface area contributed by atoms with E-state index in [-0.39, 0.29) is 6.42 Å². The molecule has 8 heteroatoms. The molecule has 0 amide bonds. The van der Waals surface area contributed by atoms with Gasteiger partial charge in [0, 0.05) is 33.3 Å². The van der Waals surface area contributed by atoms with Crippen LogP contribution < -0.4 is 0 Å². The highest BCUT2D eigenvalue weighted by molar-refractivity contribution is 5.82. The normalized spacial score (nSPS) is 19.7. The van der Waals surface area contributed by atoms with Crippen molar-refractivity contribution >= 4 is 23.9 Å². The number of ether oxygens (including phenoxy) is 4. The number of rotatable bonds is 9. The lowest BCUT2D eigenvalue weighted by Crippen LogP contribution is -2.51. The number of carbonyl (C=O) groups excluding carboxylic acids is 4. The van der Waals surface area contributed by atoms with Crippen LogP contribution in [0.4, 0.5) is 0 Å². The number of hydrogen-bond donors (Lipinski definition) is 0. The number of esters is 4. The maximum atomic E-state index is 11.6. The van der Waals surface area contributed by atoms with Gasteiger partial charge in [-0.15, -0.1) is 0 Å². The molecule has 26 heavy (non-hydrogen) atoms. The molecule has 1 aliphatic heterocycles. The van der Waals surface area contributed by atoms with Gasteiger partial charge in [-0.25, -0.2) is 4.79 Å². The van der Waals surface area contributed by atoms with E-state index in [1.807, 2.05) is 6.92 Å². The predicted molar refractivity (Wildman–Crippen MR) is 89.8 cm³/mol. The molecule has 0 radical (unpaired) electrons. The monoisotopic (exact) mass is 370 g/mol. The van der Waals surface area contributed by atoms with Crippen molar-refractivity contribution in [3.8, 4) is 0 Å². The number of hydrogen-bond acceptors (Lipinski definition) is 8. The number of unbranched alkanes of at least 4 members (excludes halogenated alkanes) is 1. The molecule has 8 nitrogen and oxygen atoms in total. The first kappa shape index (κ1) is 21.7. The fourth-order valence-corrected chi connectivity index (χ4v) is 2.74. The lowest BCUT2D eigenvalue weighted by Gasteiger charge is -2.36. The number of cyclic esters (lactones) is 1. The summed E-state index contributed by atoms with van der Waals surface area (Å²) in [6.45, 7) is 5.61. The molecule has 146 valence electrons. The van der Waals surface area contributed by atoms with Gasteiger partial charge in [0.2, 0.25) is 0 Å². The summed E-state index contributed by atoms with van der Waals surface area (Å²) in [5.74, 6) is -2.39. The van der Waals surface area contributed by atoms with Gasteiger partial charge in [0.05, 0.1) is 0 Å². The third-order valence-electron chi connectivity index (χ3n) is 3.71. The molecule has 0 aromatic rings. The fourth-order valence-electron chi connectivity index (χ4n) is 2.74. The van der Waals surface area contributed by atoms with Crippen LogP contribution in [0.25, 0.3) is 0 Å². The quantitative estimate of drug-likeness (QED) is 0.447. The highest BCUT2D eigenvalue weighted by atomic mass is 16.6. The van der Waals surface area contributed by atoms with Crippen molar-refractivity contribution in [1.82, 2.24) is 0 Å². The third kappa shape index (κ3) is 7.25. The molecule has 1 rings (SSSR count). The molecule has 0 saturated heterocycles. The van der Waals surface area contributed by atoms with E-state index in [2.05, 4.69) is 0 Å². The Hall–Kier alpha value is -2.38. The molecule has 0 saturated carbocycles. The molecule has 4 atom stereocenters. The Bertz CT molecular complexity index is 553. The summed E-state index contributed by atoms with van der Waals surface area (Å²) in [6, 6.07) is 0. The van der Waals surface area contributed by atoms with Gasteiger partial charge in [0.15, 0.2) is 12.2 Å². The Morgan fingerprint density at radius 1 is 1.12 bits per heavy atom. The van der Waals surface area contributed by atoms with Crippen molar-refractivity contribution in [2.75, 3.05) is 0 Å². The summed E-state index contributed by atoms with van der Waals surface area (Å²) in [5.41, 5.74) is 0. The molecular formula is C18H26O8. The molecule has 1 aliphatic rings. The van der Waals surface area contributed by atoms with Gasteiger partial charge < -0.3 is 18.9 Å². The molecule has 0 N–H and O–H groups in total. The Morgan fingerprint density at radius 3 is 2.23 bits per heavy atom. The smallest absolute Gasteiger partial charge is 0.330 e. The van der Waals surface area contributed by atoms with Crippen molar-refractivity contribution in [2.45, 2.75) is 77.8 Å². The standard InChI is InChI=1S/C18H26O8/c1-5-6-8-14(23-11(2)19)17(24-12(3)20)18(25-13(4)21)15-9-7-10-16(22)26-15/h7,10,14-15,17-18H,5-6,8-9H2,1-4H3/t14-,15-,17+,18+/m0/s1. The van der Waals surface area contributed by atoms with E-state index in [1.54, 1.807) is 6.08 Å². The summed E-state index contributed by atoms with van der Waals surface area (Å²) in [6.07, 6.45) is 1.21. The lowest BCUT2D eigenvalue weighted by atomic mass is 9.95. The zero-order valence-corrected chi connectivity index (χ0v) is 15.6. The van der Waals surface area contributed by atoms with Gasteiger partial charge in [-0.05, 0) is 12.8 Å². The summed E-state index contributed by atoms with van der Waals surface area (Å²) in [7, 11) is 0. The van der Waals surface area contributed by atoms with Crippen molar-refractivity contribution in [2.24, 2.45) is 0 Å². The van der Waals surface area contributed by atoms with Gasteiger partial charge in [-0.3, -0.25) is 14.4 Å². The summed E-state index contributed by atoms with van der Waals surface area (Å²) in [4.78, 5) is 46.3. The fraction of sp³-hybridized carbons (Fsp3) is 0.667. The summed E-state index contributed by atoms with van der Waals surface area (Å²) >= 11 is 0. The average Bonchev–Trinajstić information content (AvgIpc) is 2.54. The second-order valence-electron chi connectivity index (χ2n) is 6.05. The largest absolute Gasteiger partial charge is 0.458 e. The lowest BCUT2D eigenvalue weighted by molar-refractivity contribution is -0.198. The van der Waals surface area contributed by atoms with Crippen molar-refractivity contribution in [3.05, 3.63) is 12.2 Å². The van der Waals surface area contributed by atoms with Gasteiger partial charge in [-0.2, -0.15) is 0 Å². The van der Waals surface area contributed by atoms with Crippen LogP contribution in [0.5, 0.6) is 0 Å². The van der Waals surface area contributed by atoms with Crippen LogP contribution in [-0.4, -0.2) is 48.3 Å². The predicted octanol–water partition coefficient (Wildman–Crippen LogP) is 1.84. The van der Waals surface area contributed by atoms with E-state index < -0.39 is 48.3 Å². The maximum Gasteiger partial charge on any atom is 0.330 e. The Balaban J connectivity index is 3.18. The summed E-state index contributed by atoms with van der Waals surface area (Å²) in [5, 5.41) is 0. The van der Waals surface area contributed by atoms with Crippen LogP contribution in [0.15, 0.2) is 12.2 Å².